The van der Waals surface area contributed by atoms with E-state index in [4.69, 9.17) is 22.1 Å². The Labute approximate surface area is 147 Å². The lowest BCUT2D eigenvalue weighted by Crippen LogP contribution is -2.45. The summed E-state index contributed by atoms with van der Waals surface area (Å²) in [5.74, 6) is -0.249. The van der Waals surface area contributed by atoms with Crippen LogP contribution in [0.3, 0.4) is 0 Å². The van der Waals surface area contributed by atoms with Gasteiger partial charge in [0.05, 0.1) is 19.1 Å². The summed E-state index contributed by atoms with van der Waals surface area (Å²) in [5.41, 5.74) is 7.87. The quantitative estimate of drug-likeness (QED) is 0.927. The van der Waals surface area contributed by atoms with Crippen molar-refractivity contribution in [3.63, 3.8) is 0 Å². The average Bonchev–Trinajstić information content (AvgIpc) is 2.64. The standard InChI is InChI=1S/C19H21ClN2O2/c20-16-8-6-15(7-9-16)18-13-22(10-11-24-18)19(23)17(12-21)14-4-2-1-3-5-14/h1-9,17-18H,10-13,21H2. The fraction of sp³-hybridized carbons (Fsp3) is 0.316. The number of carbonyl (C=O) groups excluding carboxylic acids is 1. The maximum atomic E-state index is 12.9. The Kier molecular flexibility index (Phi) is 5.51. The van der Waals surface area contributed by atoms with Crippen molar-refractivity contribution in [2.24, 2.45) is 5.73 Å². The van der Waals surface area contributed by atoms with Crippen molar-refractivity contribution in [3.05, 3.63) is 70.7 Å². The Morgan fingerprint density at radius 1 is 1.21 bits per heavy atom. The first-order chi connectivity index (χ1) is 11.7. The van der Waals surface area contributed by atoms with Crippen LogP contribution in [0.25, 0.3) is 0 Å². The average molecular weight is 345 g/mol. The van der Waals surface area contributed by atoms with Gasteiger partial charge in [0.1, 0.15) is 6.10 Å². The molecule has 0 aliphatic carbocycles. The molecule has 1 saturated heterocycles. The van der Waals surface area contributed by atoms with Crippen LogP contribution in [0.15, 0.2) is 54.6 Å². The van der Waals surface area contributed by atoms with Crippen molar-refractivity contribution in [2.75, 3.05) is 26.2 Å². The lowest BCUT2D eigenvalue weighted by atomic mass is 9.97. The summed E-state index contributed by atoms with van der Waals surface area (Å²) in [6.07, 6.45) is -0.130. The van der Waals surface area contributed by atoms with Crippen molar-refractivity contribution in [3.8, 4) is 0 Å². The van der Waals surface area contributed by atoms with Gasteiger partial charge >= 0.3 is 0 Å². The zero-order valence-corrected chi connectivity index (χ0v) is 14.2. The van der Waals surface area contributed by atoms with Gasteiger partial charge in [-0.3, -0.25) is 4.79 Å². The van der Waals surface area contributed by atoms with Gasteiger partial charge in [-0.15, -0.1) is 0 Å². The number of carbonyl (C=O) groups is 1. The largest absolute Gasteiger partial charge is 0.370 e. The van der Waals surface area contributed by atoms with Crippen molar-refractivity contribution in [1.29, 1.82) is 0 Å². The highest BCUT2D eigenvalue weighted by atomic mass is 35.5. The monoisotopic (exact) mass is 344 g/mol. The normalized spacial score (nSPS) is 19.1. The van der Waals surface area contributed by atoms with E-state index in [2.05, 4.69) is 0 Å². The summed E-state index contributed by atoms with van der Waals surface area (Å²) >= 11 is 5.94. The van der Waals surface area contributed by atoms with Gasteiger partial charge in [0.15, 0.2) is 0 Å². The van der Waals surface area contributed by atoms with E-state index in [0.717, 1.165) is 11.1 Å². The molecule has 2 aromatic carbocycles. The minimum atomic E-state index is -0.310. The molecular formula is C19H21ClN2O2. The number of halogens is 1. The van der Waals surface area contributed by atoms with Gasteiger partial charge in [-0.05, 0) is 23.3 Å². The number of rotatable bonds is 4. The fourth-order valence-corrected chi connectivity index (χ4v) is 3.14. The molecule has 3 rings (SSSR count). The maximum Gasteiger partial charge on any atom is 0.231 e. The Hall–Kier alpha value is -1.88. The predicted molar refractivity (Wildman–Crippen MR) is 95.0 cm³/mol. The molecule has 5 heteroatoms. The van der Waals surface area contributed by atoms with E-state index in [9.17, 15) is 4.79 Å². The lowest BCUT2D eigenvalue weighted by Gasteiger charge is -2.35. The second-order valence-electron chi connectivity index (χ2n) is 5.89. The van der Waals surface area contributed by atoms with Gasteiger partial charge in [-0.25, -0.2) is 0 Å². The molecule has 1 aliphatic rings. The molecule has 0 spiro atoms. The molecule has 1 fully saturated rings. The molecule has 0 saturated carbocycles. The van der Waals surface area contributed by atoms with Crippen LogP contribution in [0, 0.1) is 0 Å². The summed E-state index contributed by atoms with van der Waals surface area (Å²) in [6, 6.07) is 17.3. The van der Waals surface area contributed by atoms with E-state index in [1.54, 1.807) is 0 Å². The van der Waals surface area contributed by atoms with E-state index < -0.39 is 0 Å². The summed E-state index contributed by atoms with van der Waals surface area (Å²) < 4.78 is 5.84. The Morgan fingerprint density at radius 2 is 1.92 bits per heavy atom. The number of nitrogens with two attached hydrogens (primary N) is 1. The van der Waals surface area contributed by atoms with E-state index in [-0.39, 0.29) is 17.9 Å². The van der Waals surface area contributed by atoms with Gasteiger partial charge in [-0.2, -0.15) is 0 Å². The van der Waals surface area contributed by atoms with Crippen LogP contribution in [-0.4, -0.2) is 37.0 Å². The minimum absolute atomic E-state index is 0.0611. The number of benzene rings is 2. The van der Waals surface area contributed by atoms with Gasteiger partial charge in [0, 0.05) is 18.1 Å². The van der Waals surface area contributed by atoms with Crippen molar-refractivity contribution >= 4 is 17.5 Å². The third kappa shape index (κ3) is 3.78. The number of morpholine rings is 1. The van der Waals surface area contributed by atoms with Crippen LogP contribution < -0.4 is 5.73 Å². The molecule has 0 bridgehead atoms. The topological polar surface area (TPSA) is 55.6 Å². The number of nitrogens with zero attached hydrogens (tertiary/aromatic N) is 1. The SMILES string of the molecule is NCC(C(=O)N1CCOC(c2ccc(Cl)cc2)C1)c1ccccc1. The lowest BCUT2D eigenvalue weighted by molar-refractivity contribution is -0.140. The predicted octanol–water partition coefficient (Wildman–Crippen LogP) is 2.98. The number of ether oxygens (including phenoxy) is 1. The van der Waals surface area contributed by atoms with E-state index >= 15 is 0 Å². The zero-order valence-electron chi connectivity index (χ0n) is 13.4. The van der Waals surface area contributed by atoms with Crippen LogP contribution in [0.5, 0.6) is 0 Å². The molecule has 24 heavy (non-hydrogen) atoms. The summed E-state index contributed by atoms with van der Waals surface area (Å²) in [4.78, 5) is 14.8. The molecule has 2 unspecified atom stereocenters. The number of hydrogen-bond donors (Lipinski definition) is 1. The maximum absolute atomic E-state index is 12.9. The van der Waals surface area contributed by atoms with Crippen LogP contribution >= 0.6 is 11.6 Å². The first-order valence-corrected chi connectivity index (χ1v) is 8.47. The highest BCUT2D eigenvalue weighted by Crippen LogP contribution is 2.26. The molecule has 1 aliphatic heterocycles. The first kappa shape index (κ1) is 17.0. The molecule has 4 nitrogen and oxygen atoms in total. The minimum Gasteiger partial charge on any atom is -0.370 e. The van der Waals surface area contributed by atoms with Crippen LogP contribution in [0.1, 0.15) is 23.1 Å². The summed E-state index contributed by atoms with van der Waals surface area (Å²) in [6.45, 7) is 1.94. The Morgan fingerprint density at radius 3 is 2.58 bits per heavy atom. The smallest absolute Gasteiger partial charge is 0.231 e. The highest BCUT2D eigenvalue weighted by molar-refractivity contribution is 6.30. The Balaban J connectivity index is 1.73. The third-order valence-electron chi connectivity index (χ3n) is 4.36. The molecule has 2 N–H and O–H groups in total. The van der Waals surface area contributed by atoms with E-state index in [1.807, 2.05) is 59.5 Å². The van der Waals surface area contributed by atoms with Gasteiger partial charge in [0.2, 0.25) is 5.91 Å². The Bertz CT molecular complexity index is 676. The van der Waals surface area contributed by atoms with Gasteiger partial charge in [0.25, 0.3) is 0 Å². The van der Waals surface area contributed by atoms with E-state index in [0.29, 0.717) is 31.3 Å². The molecule has 126 valence electrons. The van der Waals surface area contributed by atoms with Crippen LogP contribution in [-0.2, 0) is 9.53 Å². The van der Waals surface area contributed by atoms with Gasteiger partial charge < -0.3 is 15.4 Å². The molecule has 0 aromatic heterocycles. The second-order valence-corrected chi connectivity index (χ2v) is 6.33. The van der Waals surface area contributed by atoms with Crippen molar-refractivity contribution in [1.82, 2.24) is 4.90 Å². The fourth-order valence-electron chi connectivity index (χ4n) is 3.01. The third-order valence-corrected chi connectivity index (χ3v) is 4.61. The summed E-state index contributed by atoms with van der Waals surface area (Å²) in [7, 11) is 0. The number of hydrogen-bond acceptors (Lipinski definition) is 3. The zero-order chi connectivity index (χ0) is 16.9. The second kappa shape index (κ2) is 7.79. The van der Waals surface area contributed by atoms with Crippen LogP contribution in [0.4, 0.5) is 0 Å². The van der Waals surface area contributed by atoms with E-state index in [1.165, 1.54) is 0 Å². The molecule has 2 atom stereocenters. The van der Waals surface area contributed by atoms with Crippen molar-refractivity contribution in [2.45, 2.75) is 12.0 Å². The summed E-state index contributed by atoms with van der Waals surface area (Å²) in [5, 5.41) is 0.690. The molecule has 2 aromatic rings. The molecular weight excluding hydrogens is 324 g/mol. The first-order valence-electron chi connectivity index (χ1n) is 8.10. The van der Waals surface area contributed by atoms with Gasteiger partial charge in [-0.1, -0.05) is 54.1 Å². The molecule has 1 heterocycles. The number of amides is 1. The van der Waals surface area contributed by atoms with Crippen LogP contribution in [0.2, 0.25) is 5.02 Å². The van der Waals surface area contributed by atoms with Crippen molar-refractivity contribution < 1.29 is 9.53 Å². The molecule has 0 radical (unpaired) electrons. The molecule has 1 amide bonds. The highest BCUT2D eigenvalue weighted by Gasteiger charge is 2.30.